The minimum absolute atomic E-state index is 0.343. The molecule has 1 fully saturated rings. The number of rotatable bonds is 3. The molecule has 0 saturated carbocycles. The minimum Gasteiger partial charge on any atom is -0.372 e. The van der Waals surface area contributed by atoms with Crippen LogP contribution in [0.3, 0.4) is 0 Å². The summed E-state index contributed by atoms with van der Waals surface area (Å²) in [5.41, 5.74) is 1.07. The Balaban J connectivity index is 1.84. The zero-order valence-corrected chi connectivity index (χ0v) is 9.46. The van der Waals surface area contributed by atoms with Gasteiger partial charge in [0, 0.05) is 11.6 Å². The standard InChI is InChI=1S/C12H16ClNO/c13-12-6-2-1-4-10(12)9-15-11-5-3-7-14-8-11/h1-2,4,6,11,14H,3,5,7-9H2/t11-/m0/s1. The van der Waals surface area contributed by atoms with Crippen LogP contribution >= 0.6 is 11.6 Å². The van der Waals surface area contributed by atoms with E-state index in [0.29, 0.717) is 12.7 Å². The van der Waals surface area contributed by atoms with Gasteiger partial charge in [0.05, 0.1) is 12.7 Å². The molecule has 15 heavy (non-hydrogen) atoms. The van der Waals surface area contributed by atoms with Crippen LogP contribution in [0.15, 0.2) is 24.3 Å². The third-order valence-corrected chi connectivity index (χ3v) is 3.05. The number of halogens is 1. The van der Waals surface area contributed by atoms with Gasteiger partial charge in [0.2, 0.25) is 0 Å². The highest BCUT2D eigenvalue weighted by molar-refractivity contribution is 6.31. The Morgan fingerprint density at radius 1 is 1.40 bits per heavy atom. The van der Waals surface area contributed by atoms with E-state index < -0.39 is 0 Å². The van der Waals surface area contributed by atoms with E-state index in [-0.39, 0.29) is 0 Å². The topological polar surface area (TPSA) is 21.3 Å². The van der Waals surface area contributed by atoms with Crippen LogP contribution in [-0.2, 0) is 11.3 Å². The molecule has 0 amide bonds. The first-order chi connectivity index (χ1) is 7.36. The Kier molecular flexibility index (Phi) is 4.01. The monoisotopic (exact) mass is 225 g/mol. The van der Waals surface area contributed by atoms with E-state index in [4.69, 9.17) is 16.3 Å². The lowest BCUT2D eigenvalue weighted by Crippen LogP contribution is -2.35. The van der Waals surface area contributed by atoms with Crippen LogP contribution in [0.5, 0.6) is 0 Å². The van der Waals surface area contributed by atoms with Crippen LogP contribution in [0, 0.1) is 0 Å². The summed E-state index contributed by atoms with van der Waals surface area (Å²) in [6.07, 6.45) is 2.69. The van der Waals surface area contributed by atoms with Crippen molar-refractivity contribution in [1.29, 1.82) is 0 Å². The van der Waals surface area contributed by atoms with Crippen LogP contribution in [0.2, 0.25) is 5.02 Å². The molecule has 1 N–H and O–H groups in total. The normalized spacial score (nSPS) is 21.5. The van der Waals surface area contributed by atoms with Crippen molar-refractivity contribution < 1.29 is 4.74 Å². The van der Waals surface area contributed by atoms with Crippen LogP contribution in [-0.4, -0.2) is 19.2 Å². The number of ether oxygens (including phenoxy) is 1. The van der Waals surface area contributed by atoms with Crippen molar-refractivity contribution in [3.63, 3.8) is 0 Å². The van der Waals surface area contributed by atoms with Crippen molar-refractivity contribution in [2.24, 2.45) is 0 Å². The molecule has 1 aliphatic rings. The van der Waals surface area contributed by atoms with Gasteiger partial charge in [0.15, 0.2) is 0 Å². The van der Waals surface area contributed by atoms with Gasteiger partial charge in [0.25, 0.3) is 0 Å². The van der Waals surface area contributed by atoms with Crippen molar-refractivity contribution in [2.45, 2.75) is 25.6 Å². The molecule has 0 bridgehead atoms. The Labute approximate surface area is 95.6 Å². The van der Waals surface area contributed by atoms with Gasteiger partial charge in [0.1, 0.15) is 0 Å². The van der Waals surface area contributed by atoms with Gasteiger partial charge in [-0.05, 0) is 31.0 Å². The molecule has 0 aromatic heterocycles. The van der Waals surface area contributed by atoms with Gasteiger partial charge in [-0.3, -0.25) is 0 Å². The molecular formula is C12H16ClNO. The van der Waals surface area contributed by atoms with E-state index in [9.17, 15) is 0 Å². The van der Waals surface area contributed by atoms with Crippen LogP contribution < -0.4 is 5.32 Å². The molecule has 3 heteroatoms. The second-order valence-electron chi connectivity index (χ2n) is 3.87. The van der Waals surface area contributed by atoms with Gasteiger partial charge in [-0.25, -0.2) is 0 Å². The molecule has 1 aromatic rings. The molecule has 0 radical (unpaired) electrons. The van der Waals surface area contributed by atoms with Gasteiger partial charge in [-0.1, -0.05) is 29.8 Å². The summed E-state index contributed by atoms with van der Waals surface area (Å²) in [5, 5.41) is 4.12. The maximum Gasteiger partial charge on any atom is 0.0735 e. The number of hydrogen-bond acceptors (Lipinski definition) is 2. The molecule has 1 atom stereocenters. The summed E-state index contributed by atoms with van der Waals surface area (Å²) >= 11 is 6.05. The van der Waals surface area contributed by atoms with Crippen LogP contribution in [0.4, 0.5) is 0 Å². The van der Waals surface area contributed by atoms with Crippen LogP contribution in [0.25, 0.3) is 0 Å². The van der Waals surface area contributed by atoms with Crippen molar-refractivity contribution in [2.75, 3.05) is 13.1 Å². The first kappa shape index (κ1) is 10.9. The summed E-state index contributed by atoms with van der Waals surface area (Å²) in [4.78, 5) is 0. The zero-order valence-electron chi connectivity index (χ0n) is 8.71. The van der Waals surface area contributed by atoms with Crippen molar-refractivity contribution in [3.8, 4) is 0 Å². The molecule has 0 unspecified atom stereocenters. The lowest BCUT2D eigenvalue weighted by molar-refractivity contribution is 0.0253. The van der Waals surface area contributed by atoms with Gasteiger partial charge in [-0.2, -0.15) is 0 Å². The number of benzene rings is 1. The summed E-state index contributed by atoms with van der Waals surface area (Å²) in [7, 11) is 0. The van der Waals surface area contributed by atoms with E-state index in [0.717, 1.165) is 30.1 Å². The Morgan fingerprint density at radius 3 is 3.00 bits per heavy atom. The number of hydrogen-bond donors (Lipinski definition) is 1. The molecule has 1 aromatic carbocycles. The fourth-order valence-electron chi connectivity index (χ4n) is 1.79. The Bertz CT molecular complexity index is 310. The second kappa shape index (κ2) is 5.50. The second-order valence-corrected chi connectivity index (χ2v) is 4.28. The van der Waals surface area contributed by atoms with Crippen LogP contribution in [0.1, 0.15) is 18.4 Å². The zero-order chi connectivity index (χ0) is 10.5. The predicted octanol–water partition coefficient (Wildman–Crippen LogP) is 2.61. The summed E-state index contributed by atoms with van der Waals surface area (Å²) < 4.78 is 5.80. The van der Waals surface area contributed by atoms with E-state index >= 15 is 0 Å². The van der Waals surface area contributed by atoms with Gasteiger partial charge >= 0.3 is 0 Å². The molecular weight excluding hydrogens is 210 g/mol. The first-order valence-electron chi connectivity index (χ1n) is 5.42. The average molecular weight is 226 g/mol. The first-order valence-corrected chi connectivity index (χ1v) is 5.80. The highest BCUT2D eigenvalue weighted by atomic mass is 35.5. The molecule has 82 valence electrons. The maximum atomic E-state index is 6.05. The molecule has 2 nitrogen and oxygen atoms in total. The number of nitrogens with one attached hydrogen (secondary N) is 1. The van der Waals surface area contributed by atoms with Crippen molar-refractivity contribution in [1.82, 2.24) is 5.32 Å². The summed E-state index contributed by atoms with van der Waals surface area (Å²) in [5.74, 6) is 0. The van der Waals surface area contributed by atoms with Gasteiger partial charge < -0.3 is 10.1 Å². The van der Waals surface area contributed by atoms with E-state index in [1.807, 2.05) is 24.3 Å². The molecule has 1 heterocycles. The quantitative estimate of drug-likeness (QED) is 0.854. The number of piperidine rings is 1. The fraction of sp³-hybridized carbons (Fsp3) is 0.500. The predicted molar refractivity (Wildman–Crippen MR) is 62.1 cm³/mol. The smallest absolute Gasteiger partial charge is 0.0735 e. The summed E-state index contributed by atoms with van der Waals surface area (Å²) in [6, 6.07) is 7.84. The van der Waals surface area contributed by atoms with Crippen molar-refractivity contribution in [3.05, 3.63) is 34.9 Å². The minimum atomic E-state index is 0.343. The lowest BCUT2D eigenvalue weighted by atomic mass is 10.1. The molecule has 0 spiro atoms. The average Bonchev–Trinajstić information content (AvgIpc) is 2.29. The third kappa shape index (κ3) is 3.20. The highest BCUT2D eigenvalue weighted by Crippen LogP contribution is 2.17. The molecule has 0 aliphatic carbocycles. The highest BCUT2D eigenvalue weighted by Gasteiger charge is 2.13. The maximum absolute atomic E-state index is 6.05. The SMILES string of the molecule is Clc1ccccc1CO[C@H]1CCCNC1. The summed E-state index contributed by atoms with van der Waals surface area (Å²) in [6.45, 7) is 2.70. The molecule has 1 aliphatic heterocycles. The van der Waals surface area contributed by atoms with E-state index in [2.05, 4.69) is 5.32 Å². The molecule has 2 rings (SSSR count). The van der Waals surface area contributed by atoms with E-state index in [1.54, 1.807) is 0 Å². The Morgan fingerprint density at radius 2 is 2.27 bits per heavy atom. The third-order valence-electron chi connectivity index (χ3n) is 2.68. The molecule has 1 saturated heterocycles. The van der Waals surface area contributed by atoms with E-state index in [1.165, 1.54) is 6.42 Å². The van der Waals surface area contributed by atoms with Gasteiger partial charge in [-0.15, -0.1) is 0 Å². The fourth-order valence-corrected chi connectivity index (χ4v) is 1.98. The largest absolute Gasteiger partial charge is 0.372 e. The lowest BCUT2D eigenvalue weighted by Gasteiger charge is -2.23. The van der Waals surface area contributed by atoms with Crippen molar-refractivity contribution >= 4 is 11.6 Å². The Hall–Kier alpha value is -0.570.